The minimum atomic E-state index is -0.453. The molecule has 0 saturated heterocycles. The molecule has 0 fully saturated rings. The number of fused-ring (bicyclic) bond motifs is 1. The maximum atomic E-state index is 12.4. The van der Waals surface area contributed by atoms with E-state index in [1.54, 1.807) is 11.0 Å². The summed E-state index contributed by atoms with van der Waals surface area (Å²) in [6.07, 6.45) is 0.980. The molecule has 1 aliphatic heterocycles. The predicted octanol–water partition coefficient (Wildman–Crippen LogP) is 3.85. The molecule has 0 N–H and O–H groups in total. The summed E-state index contributed by atoms with van der Waals surface area (Å²) >= 11 is 3.38. The zero-order chi connectivity index (χ0) is 17.1. The molecule has 0 aliphatic carbocycles. The molecule has 2 aromatic carbocycles. The van der Waals surface area contributed by atoms with Crippen LogP contribution in [0, 0.1) is 0 Å². The van der Waals surface area contributed by atoms with Gasteiger partial charge in [0.05, 0.1) is 17.9 Å². The number of hydrogen-bond donors (Lipinski definition) is 0. The largest absolute Gasteiger partial charge is 0.300 e. The number of amides is 1. The second kappa shape index (κ2) is 7.28. The summed E-state index contributed by atoms with van der Waals surface area (Å²) in [6.45, 7) is 4.13. The molecule has 0 atom stereocenters. The molecule has 124 valence electrons. The number of ketones is 1. The van der Waals surface area contributed by atoms with Crippen LogP contribution >= 0.6 is 15.9 Å². The Bertz CT molecular complexity index is 761. The molecule has 1 amide bonds. The molecule has 5 heteroatoms. The quantitative estimate of drug-likeness (QED) is 0.707. The highest BCUT2D eigenvalue weighted by atomic mass is 79.9. The van der Waals surface area contributed by atoms with Crippen LogP contribution in [0.15, 0.2) is 53.0 Å². The van der Waals surface area contributed by atoms with Crippen LogP contribution in [-0.2, 0) is 11.3 Å². The number of nitrogens with zero attached hydrogens (tertiary/aromatic N) is 2. The number of halogens is 1. The zero-order valence-electron chi connectivity index (χ0n) is 13.5. The maximum Gasteiger partial charge on any atom is 0.300 e. The van der Waals surface area contributed by atoms with Crippen LogP contribution in [0.3, 0.4) is 0 Å². The molecule has 0 bridgehead atoms. The summed E-state index contributed by atoms with van der Waals surface area (Å²) in [4.78, 5) is 28.5. The first kappa shape index (κ1) is 16.9. The summed E-state index contributed by atoms with van der Waals surface area (Å²) in [6, 6.07) is 15.6. The van der Waals surface area contributed by atoms with E-state index in [4.69, 9.17) is 0 Å². The molecular weight excluding hydrogens is 368 g/mol. The van der Waals surface area contributed by atoms with Crippen LogP contribution in [0.5, 0.6) is 0 Å². The monoisotopic (exact) mass is 386 g/mol. The number of benzene rings is 2. The van der Waals surface area contributed by atoms with Crippen molar-refractivity contribution in [3.05, 3.63) is 64.1 Å². The van der Waals surface area contributed by atoms with Gasteiger partial charge in [0.15, 0.2) is 0 Å². The molecule has 0 spiro atoms. The average molecular weight is 387 g/mol. The topological polar surface area (TPSA) is 40.6 Å². The highest BCUT2D eigenvalue weighted by Crippen LogP contribution is 2.34. The van der Waals surface area contributed by atoms with E-state index >= 15 is 0 Å². The van der Waals surface area contributed by atoms with E-state index in [9.17, 15) is 9.59 Å². The van der Waals surface area contributed by atoms with Gasteiger partial charge in [-0.2, -0.15) is 0 Å². The third-order valence-corrected chi connectivity index (χ3v) is 4.74. The highest BCUT2D eigenvalue weighted by molar-refractivity contribution is 9.10. The highest BCUT2D eigenvalue weighted by Gasteiger charge is 2.37. The Morgan fingerprint density at radius 2 is 1.79 bits per heavy atom. The molecular formula is C19H19BrN2O2. The molecule has 2 aromatic rings. The second-order valence-electron chi connectivity index (χ2n) is 5.88. The van der Waals surface area contributed by atoms with Crippen molar-refractivity contribution in [3.8, 4) is 0 Å². The van der Waals surface area contributed by atoms with Crippen LogP contribution in [0.1, 0.15) is 29.3 Å². The number of Topliss-reactive ketones (excluding diaryl/α,β-unsaturated/α-hetero) is 1. The van der Waals surface area contributed by atoms with Crippen LogP contribution in [-0.4, -0.2) is 29.8 Å². The Balaban J connectivity index is 1.84. The minimum Gasteiger partial charge on any atom is -0.291 e. The molecule has 24 heavy (non-hydrogen) atoms. The normalized spacial score (nSPS) is 13.7. The lowest BCUT2D eigenvalue weighted by Crippen LogP contribution is -2.41. The molecule has 0 aromatic heterocycles. The first-order valence-corrected chi connectivity index (χ1v) is 8.82. The van der Waals surface area contributed by atoms with Gasteiger partial charge < -0.3 is 0 Å². The summed E-state index contributed by atoms with van der Waals surface area (Å²) in [5, 5.41) is 0. The van der Waals surface area contributed by atoms with Crippen molar-refractivity contribution in [2.45, 2.75) is 19.9 Å². The first-order chi connectivity index (χ1) is 11.6. The lowest BCUT2D eigenvalue weighted by atomic mass is 10.1. The molecule has 0 radical (unpaired) electrons. The van der Waals surface area contributed by atoms with Gasteiger partial charge in [-0.05, 0) is 46.6 Å². The van der Waals surface area contributed by atoms with Gasteiger partial charge in [-0.3, -0.25) is 19.4 Å². The fourth-order valence-corrected chi connectivity index (χ4v) is 3.54. The minimum absolute atomic E-state index is 0.413. The molecule has 0 unspecified atom stereocenters. The third-order valence-electron chi connectivity index (χ3n) is 4.08. The number of hydrogen-bond acceptors (Lipinski definition) is 3. The predicted molar refractivity (Wildman–Crippen MR) is 98.0 cm³/mol. The van der Waals surface area contributed by atoms with E-state index in [2.05, 4.69) is 39.9 Å². The van der Waals surface area contributed by atoms with Crippen molar-refractivity contribution in [2.24, 2.45) is 0 Å². The van der Waals surface area contributed by atoms with Gasteiger partial charge in [-0.15, -0.1) is 0 Å². The van der Waals surface area contributed by atoms with E-state index in [0.29, 0.717) is 22.4 Å². The molecule has 1 aliphatic rings. The number of anilines is 1. The Morgan fingerprint density at radius 3 is 2.50 bits per heavy atom. The van der Waals surface area contributed by atoms with E-state index in [0.717, 1.165) is 19.5 Å². The van der Waals surface area contributed by atoms with Crippen molar-refractivity contribution in [3.63, 3.8) is 0 Å². The Kier molecular flexibility index (Phi) is 5.11. The fourth-order valence-electron chi connectivity index (χ4n) is 3.00. The standard InChI is InChI=1S/C19H19BrN2O2/c1-2-11-21(12-14-7-4-3-5-8-14)13-22-16-10-6-9-15(20)17(16)18(23)19(22)24/h3-10H,2,11-13H2,1H3. The van der Waals surface area contributed by atoms with Gasteiger partial charge in [0, 0.05) is 11.0 Å². The lowest BCUT2D eigenvalue weighted by Gasteiger charge is -2.27. The van der Waals surface area contributed by atoms with Gasteiger partial charge >= 0.3 is 5.91 Å². The van der Waals surface area contributed by atoms with Crippen molar-refractivity contribution in [1.29, 1.82) is 0 Å². The molecule has 0 saturated carbocycles. The van der Waals surface area contributed by atoms with E-state index in [1.165, 1.54) is 5.56 Å². The summed E-state index contributed by atoms with van der Waals surface area (Å²) < 4.78 is 0.672. The maximum absolute atomic E-state index is 12.4. The van der Waals surface area contributed by atoms with Crippen LogP contribution in [0.25, 0.3) is 0 Å². The number of carbonyl (C=O) groups excluding carboxylic acids is 2. The number of rotatable bonds is 6. The first-order valence-electron chi connectivity index (χ1n) is 8.02. The van der Waals surface area contributed by atoms with Gasteiger partial charge in [0.2, 0.25) is 0 Å². The van der Waals surface area contributed by atoms with Gasteiger partial charge in [0.1, 0.15) is 0 Å². The van der Waals surface area contributed by atoms with Gasteiger partial charge in [-0.25, -0.2) is 0 Å². The Labute approximate surface area is 150 Å². The van der Waals surface area contributed by atoms with Crippen molar-refractivity contribution in [1.82, 2.24) is 4.90 Å². The summed E-state index contributed by atoms with van der Waals surface area (Å²) in [7, 11) is 0. The SMILES string of the molecule is CCCN(Cc1ccccc1)CN1C(=O)C(=O)c2c(Br)cccc21. The fraction of sp³-hybridized carbons (Fsp3) is 0.263. The number of carbonyl (C=O) groups is 2. The van der Waals surface area contributed by atoms with Gasteiger partial charge in [0.25, 0.3) is 5.78 Å². The smallest absolute Gasteiger partial charge is 0.291 e. The van der Waals surface area contributed by atoms with Crippen molar-refractivity contribution < 1.29 is 9.59 Å². The average Bonchev–Trinajstić information content (AvgIpc) is 2.82. The van der Waals surface area contributed by atoms with Gasteiger partial charge in [-0.1, -0.05) is 43.3 Å². The summed E-state index contributed by atoms with van der Waals surface area (Å²) in [5.41, 5.74) is 2.35. The van der Waals surface area contributed by atoms with Crippen molar-refractivity contribution >= 4 is 33.3 Å². The lowest BCUT2D eigenvalue weighted by molar-refractivity contribution is -0.114. The zero-order valence-corrected chi connectivity index (χ0v) is 15.1. The third kappa shape index (κ3) is 3.28. The Hall–Kier alpha value is -1.98. The van der Waals surface area contributed by atoms with Crippen molar-refractivity contribution in [2.75, 3.05) is 18.1 Å². The van der Waals surface area contributed by atoms with Crippen LogP contribution < -0.4 is 4.90 Å². The summed E-state index contributed by atoms with van der Waals surface area (Å²) in [5.74, 6) is -0.889. The van der Waals surface area contributed by atoms with E-state index < -0.39 is 11.7 Å². The molecule has 1 heterocycles. The molecule has 4 nitrogen and oxygen atoms in total. The van der Waals surface area contributed by atoms with Crippen LogP contribution in [0.4, 0.5) is 5.69 Å². The van der Waals surface area contributed by atoms with E-state index in [1.807, 2.05) is 30.3 Å². The van der Waals surface area contributed by atoms with E-state index in [-0.39, 0.29) is 0 Å². The van der Waals surface area contributed by atoms with Crippen LogP contribution in [0.2, 0.25) is 0 Å². The molecule has 3 rings (SSSR count). The Morgan fingerprint density at radius 1 is 1.04 bits per heavy atom. The second-order valence-corrected chi connectivity index (χ2v) is 6.73.